The van der Waals surface area contributed by atoms with E-state index >= 15 is 0 Å². The average molecular weight is 197 g/mol. The fourth-order valence-electron chi connectivity index (χ4n) is 1.32. The highest BCUT2D eigenvalue weighted by atomic mass is 19.1. The van der Waals surface area contributed by atoms with Crippen LogP contribution in [0.4, 0.5) is 4.39 Å². The highest BCUT2D eigenvalue weighted by molar-refractivity contribution is 5.63. The van der Waals surface area contributed by atoms with Crippen molar-refractivity contribution in [3.8, 4) is 23.5 Å². The maximum atomic E-state index is 12.7. The fraction of sp³-hybridized carbons (Fsp3) is 0. The van der Waals surface area contributed by atoms with Gasteiger partial charge in [0.25, 0.3) is 0 Å². The van der Waals surface area contributed by atoms with E-state index < -0.39 is 0 Å². The monoisotopic (exact) mass is 197 g/mol. The smallest absolute Gasteiger partial charge is 0.123 e. The van der Waals surface area contributed by atoms with E-state index in [-0.39, 0.29) is 5.82 Å². The molecule has 0 atom stereocenters. The molecule has 0 aliphatic heterocycles. The van der Waals surface area contributed by atoms with Crippen molar-refractivity contribution in [1.29, 1.82) is 0 Å². The Balaban J connectivity index is 2.46. The Morgan fingerprint density at radius 1 is 1.07 bits per heavy atom. The van der Waals surface area contributed by atoms with E-state index in [0.717, 1.165) is 16.7 Å². The minimum atomic E-state index is -0.250. The van der Waals surface area contributed by atoms with Gasteiger partial charge in [-0.1, -0.05) is 18.1 Å². The number of nitrogens with zero attached hydrogens (tertiary/aromatic N) is 1. The van der Waals surface area contributed by atoms with Crippen LogP contribution in [0.5, 0.6) is 0 Å². The third kappa shape index (κ3) is 2.03. The number of halogens is 1. The van der Waals surface area contributed by atoms with Crippen molar-refractivity contribution in [2.24, 2.45) is 0 Å². The summed E-state index contributed by atoms with van der Waals surface area (Å²) < 4.78 is 12.7. The SMILES string of the molecule is C#Cc1cncc(-c2ccc(F)cc2)c1. The third-order valence-electron chi connectivity index (χ3n) is 2.08. The zero-order valence-electron chi connectivity index (χ0n) is 7.94. The van der Waals surface area contributed by atoms with E-state index in [1.54, 1.807) is 24.5 Å². The maximum Gasteiger partial charge on any atom is 0.123 e. The highest BCUT2D eigenvalue weighted by Crippen LogP contribution is 2.19. The topological polar surface area (TPSA) is 12.9 Å². The predicted octanol–water partition coefficient (Wildman–Crippen LogP) is 2.87. The van der Waals surface area contributed by atoms with Crippen molar-refractivity contribution in [3.63, 3.8) is 0 Å². The zero-order chi connectivity index (χ0) is 10.7. The van der Waals surface area contributed by atoms with Crippen LogP contribution in [-0.2, 0) is 0 Å². The lowest BCUT2D eigenvalue weighted by Gasteiger charge is -2.01. The van der Waals surface area contributed by atoms with Crippen LogP contribution in [0.1, 0.15) is 5.56 Å². The van der Waals surface area contributed by atoms with Gasteiger partial charge in [-0.05, 0) is 23.8 Å². The number of terminal acetylenes is 1. The lowest BCUT2D eigenvalue weighted by atomic mass is 10.1. The molecule has 2 rings (SSSR count). The normalized spacial score (nSPS) is 9.60. The molecule has 0 saturated carbocycles. The molecular formula is C13H8FN. The summed E-state index contributed by atoms with van der Waals surface area (Å²) in [6.45, 7) is 0. The summed E-state index contributed by atoms with van der Waals surface area (Å²) in [7, 11) is 0. The fourth-order valence-corrected chi connectivity index (χ4v) is 1.32. The Hall–Kier alpha value is -2.14. The first-order valence-electron chi connectivity index (χ1n) is 4.47. The van der Waals surface area contributed by atoms with Crippen LogP contribution in [-0.4, -0.2) is 4.98 Å². The van der Waals surface area contributed by atoms with Crippen molar-refractivity contribution < 1.29 is 4.39 Å². The van der Waals surface area contributed by atoms with Crippen LogP contribution in [0.3, 0.4) is 0 Å². The summed E-state index contributed by atoms with van der Waals surface area (Å²) in [5.74, 6) is 2.26. The second-order valence-corrected chi connectivity index (χ2v) is 3.11. The van der Waals surface area contributed by atoms with E-state index in [1.165, 1.54) is 12.1 Å². The van der Waals surface area contributed by atoms with Crippen LogP contribution in [0.15, 0.2) is 42.7 Å². The molecule has 0 aliphatic carbocycles. The average Bonchev–Trinajstić information content (AvgIpc) is 2.30. The van der Waals surface area contributed by atoms with E-state index in [4.69, 9.17) is 6.42 Å². The first-order chi connectivity index (χ1) is 7.29. The molecule has 1 nitrogen and oxygen atoms in total. The maximum absolute atomic E-state index is 12.7. The molecule has 1 aromatic heterocycles. The third-order valence-corrected chi connectivity index (χ3v) is 2.08. The number of rotatable bonds is 1. The summed E-state index contributed by atoms with van der Waals surface area (Å²) in [5, 5.41) is 0. The van der Waals surface area contributed by atoms with Gasteiger partial charge < -0.3 is 0 Å². The van der Waals surface area contributed by atoms with Gasteiger partial charge in [0, 0.05) is 23.5 Å². The van der Waals surface area contributed by atoms with Crippen molar-refractivity contribution in [1.82, 2.24) is 4.98 Å². The van der Waals surface area contributed by atoms with Gasteiger partial charge in [0.05, 0.1) is 0 Å². The molecule has 0 radical (unpaired) electrons. The lowest BCUT2D eigenvalue weighted by Crippen LogP contribution is -1.83. The highest BCUT2D eigenvalue weighted by Gasteiger charge is 1.99. The molecule has 0 bridgehead atoms. The van der Waals surface area contributed by atoms with Gasteiger partial charge in [-0.15, -0.1) is 6.42 Å². The molecule has 0 unspecified atom stereocenters. The molecule has 2 heteroatoms. The van der Waals surface area contributed by atoms with Crippen LogP contribution in [0, 0.1) is 18.2 Å². The molecule has 0 amide bonds. The molecule has 0 saturated heterocycles. The lowest BCUT2D eigenvalue weighted by molar-refractivity contribution is 0.628. The molecule has 0 spiro atoms. The first-order valence-corrected chi connectivity index (χ1v) is 4.47. The van der Waals surface area contributed by atoms with Crippen LogP contribution in [0.25, 0.3) is 11.1 Å². The predicted molar refractivity (Wildman–Crippen MR) is 57.6 cm³/mol. The molecule has 2 aromatic rings. The van der Waals surface area contributed by atoms with Crippen LogP contribution >= 0.6 is 0 Å². The summed E-state index contributed by atoms with van der Waals surface area (Å²) >= 11 is 0. The molecule has 1 aromatic carbocycles. The molecular weight excluding hydrogens is 189 g/mol. The number of hydrogen-bond acceptors (Lipinski definition) is 1. The quantitative estimate of drug-likeness (QED) is 0.640. The zero-order valence-corrected chi connectivity index (χ0v) is 7.94. The number of aromatic nitrogens is 1. The molecule has 0 fully saturated rings. The first kappa shape index (κ1) is 9.42. The number of pyridine rings is 1. The summed E-state index contributed by atoms with van der Waals surface area (Å²) in [4.78, 5) is 4.02. The van der Waals surface area contributed by atoms with Gasteiger partial charge in [0.2, 0.25) is 0 Å². The van der Waals surface area contributed by atoms with E-state index in [9.17, 15) is 4.39 Å². The van der Waals surface area contributed by atoms with E-state index in [2.05, 4.69) is 10.9 Å². The van der Waals surface area contributed by atoms with Crippen molar-refractivity contribution in [2.75, 3.05) is 0 Å². The van der Waals surface area contributed by atoms with Crippen LogP contribution in [0.2, 0.25) is 0 Å². The van der Waals surface area contributed by atoms with Gasteiger partial charge in [-0.25, -0.2) is 4.39 Å². The minimum Gasteiger partial charge on any atom is -0.263 e. The van der Waals surface area contributed by atoms with Crippen molar-refractivity contribution in [3.05, 3.63) is 54.1 Å². The van der Waals surface area contributed by atoms with Crippen molar-refractivity contribution in [2.45, 2.75) is 0 Å². The largest absolute Gasteiger partial charge is 0.263 e. The Labute approximate surface area is 87.6 Å². The molecule has 15 heavy (non-hydrogen) atoms. The van der Waals surface area contributed by atoms with Gasteiger partial charge in [-0.2, -0.15) is 0 Å². The van der Waals surface area contributed by atoms with E-state index in [1.807, 2.05) is 6.07 Å². The Morgan fingerprint density at radius 3 is 2.47 bits per heavy atom. The summed E-state index contributed by atoms with van der Waals surface area (Å²) in [6.07, 6.45) is 8.59. The molecule has 1 heterocycles. The second-order valence-electron chi connectivity index (χ2n) is 3.11. The van der Waals surface area contributed by atoms with Crippen LogP contribution < -0.4 is 0 Å². The number of benzene rings is 1. The molecule has 0 N–H and O–H groups in total. The molecule has 0 aliphatic rings. The van der Waals surface area contributed by atoms with E-state index in [0.29, 0.717) is 0 Å². The number of hydrogen-bond donors (Lipinski definition) is 0. The summed E-state index contributed by atoms with van der Waals surface area (Å²) in [6, 6.07) is 8.08. The Bertz CT molecular complexity index is 509. The van der Waals surface area contributed by atoms with Gasteiger partial charge >= 0.3 is 0 Å². The molecule has 72 valence electrons. The van der Waals surface area contributed by atoms with Gasteiger partial charge in [-0.3, -0.25) is 4.98 Å². The minimum absolute atomic E-state index is 0.250. The Morgan fingerprint density at radius 2 is 1.80 bits per heavy atom. The second kappa shape index (κ2) is 3.93. The summed E-state index contributed by atoms with van der Waals surface area (Å²) in [5.41, 5.74) is 2.52. The van der Waals surface area contributed by atoms with Gasteiger partial charge in [0.1, 0.15) is 5.82 Å². The van der Waals surface area contributed by atoms with Crippen molar-refractivity contribution >= 4 is 0 Å². The van der Waals surface area contributed by atoms with Gasteiger partial charge in [0.15, 0.2) is 0 Å². The Kier molecular flexibility index (Phi) is 2.47. The standard InChI is InChI=1S/C13H8FN/c1-2-10-7-12(9-15-8-10)11-3-5-13(14)6-4-11/h1,3-9H.